The summed E-state index contributed by atoms with van der Waals surface area (Å²) in [6.07, 6.45) is 6.33. The monoisotopic (exact) mass is 594 g/mol. The first-order valence-electron chi connectivity index (χ1n) is 13.4. The van der Waals surface area contributed by atoms with E-state index in [2.05, 4.69) is 9.97 Å². The Labute approximate surface area is 245 Å². The van der Waals surface area contributed by atoms with Gasteiger partial charge in [0.05, 0.1) is 16.3 Å². The zero-order chi connectivity index (χ0) is 29.2. The lowest BCUT2D eigenvalue weighted by atomic mass is 10.00. The summed E-state index contributed by atoms with van der Waals surface area (Å²) in [4.78, 5) is 36.5. The fraction of sp³-hybridized carbons (Fsp3) is 0.290. The molecule has 2 aliphatic rings. The number of aryl methyl sites for hydroxylation is 2. The van der Waals surface area contributed by atoms with E-state index in [0.717, 1.165) is 18.4 Å². The van der Waals surface area contributed by atoms with Crippen LogP contribution in [0.3, 0.4) is 0 Å². The highest BCUT2D eigenvalue weighted by Crippen LogP contribution is 2.56. The third-order valence-corrected chi connectivity index (χ3v) is 8.76. The molecule has 10 heteroatoms. The second-order valence-corrected chi connectivity index (χ2v) is 11.7. The molecule has 6 rings (SSSR count). The summed E-state index contributed by atoms with van der Waals surface area (Å²) in [5.41, 5.74) is 1.25. The molecule has 0 N–H and O–H groups in total. The van der Waals surface area contributed by atoms with Crippen molar-refractivity contribution < 1.29 is 13.6 Å². The molecule has 1 unspecified atom stereocenters. The van der Waals surface area contributed by atoms with Crippen molar-refractivity contribution in [3.8, 4) is 16.9 Å². The average Bonchev–Trinajstić information content (AvgIpc) is 3.73. The molecule has 1 aliphatic carbocycles. The number of nitrogens with zero attached hydrogens (tertiary/aromatic N) is 4. The van der Waals surface area contributed by atoms with Crippen molar-refractivity contribution >= 4 is 29.1 Å². The van der Waals surface area contributed by atoms with Gasteiger partial charge in [0.15, 0.2) is 5.82 Å². The predicted octanol–water partition coefficient (Wildman–Crippen LogP) is 7.00. The number of benzene rings is 1. The van der Waals surface area contributed by atoms with Crippen molar-refractivity contribution in [2.45, 2.75) is 51.5 Å². The number of carbonyl (C=O) groups is 1. The molecule has 1 aliphatic heterocycles. The van der Waals surface area contributed by atoms with Gasteiger partial charge in [0, 0.05) is 42.4 Å². The van der Waals surface area contributed by atoms with Gasteiger partial charge >= 0.3 is 0 Å². The quantitative estimate of drug-likeness (QED) is 0.249. The Morgan fingerprint density at radius 2 is 1.83 bits per heavy atom. The standard InChI is InChI=1S/C31H26Cl2F2N4O2/c1-15-12-37-28(20-5-4-6-21(26(20)34)30(40)38-8-7-16(38)2)27(35)29(15)39-17(3)9-24(25(33)31(39)41)23-11-22(23)18-10-19(32)14-36-13-18/h4-6,9-10,12-14,16,22-23H,7-8,11H2,1-3H3/t16-,22?,23+/m0/s1. The minimum Gasteiger partial charge on any atom is -0.336 e. The van der Waals surface area contributed by atoms with E-state index in [0.29, 0.717) is 28.4 Å². The molecule has 1 saturated heterocycles. The zero-order valence-corrected chi connectivity index (χ0v) is 24.1. The summed E-state index contributed by atoms with van der Waals surface area (Å²) in [6, 6.07) is 7.92. The Balaban J connectivity index is 1.41. The fourth-order valence-electron chi connectivity index (χ4n) is 5.70. The Bertz CT molecular complexity index is 1790. The van der Waals surface area contributed by atoms with Gasteiger partial charge in [0.1, 0.15) is 16.5 Å². The zero-order valence-electron chi connectivity index (χ0n) is 22.6. The summed E-state index contributed by atoms with van der Waals surface area (Å²) in [5, 5.41) is 0.532. The Kier molecular flexibility index (Phi) is 6.94. The highest BCUT2D eigenvalue weighted by atomic mass is 35.5. The van der Waals surface area contributed by atoms with Crippen LogP contribution >= 0.6 is 23.2 Å². The molecular formula is C31H26Cl2F2N4O2. The summed E-state index contributed by atoms with van der Waals surface area (Å²) in [6.45, 7) is 5.76. The molecule has 1 aromatic carbocycles. The van der Waals surface area contributed by atoms with E-state index < -0.39 is 23.1 Å². The number of likely N-dealkylation sites (tertiary alicyclic amines) is 1. The van der Waals surface area contributed by atoms with E-state index in [1.54, 1.807) is 37.2 Å². The smallest absolute Gasteiger partial charge is 0.274 e. The van der Waals surface area contributed by atoms with Crippen LogP contribution in [-0.2, 0) is 0 Å². The third-order valence-electron chi connectivity index (χ3n) is 8.17. The lowest BCUT2D eigenvalue weighted by Crippen LogP contribution is -2.49. The topological polar surface area (TPSA) is 68.1 Å². The van der Waals surface area contributed by atoms with Crippen LogP contribution in [0.5, 0.6) is 0 Å². The first-order chi connectivity index (χ1) is 19.6. The van der Waals surface area contributed by atoms with Gasteiger partial charge in [-0.15, -0.1) is 0 Å². The van der Waals surface area contributed by atoms with Crippen LogP contribution in [0.1, 0.15) is 64.3 Å². The Morgan fingerprint density at radius 3 is 2.51 bits per heavy atom. The number of halogens is 4. The average molecular weight is 595 g/mol. The minimum absolute atomic E-state index is 0.00214. The van der Waals surface area contributed by atoms with Crippen molar-refractivity contribution in [3.63, 3.8) is 0 Å². The maximum atomic E-state index is 16.3. The van der Waals surface area contributed by atoms with Crippen LogP contribution in [0, 0.1) is 25.5 Å². The molecule has 0 bridgehead atoms. The fourth-order valence-corrected chi connectivity index (χ4v) is 6.16. The number of aromatic nitrogens is 3. The number of hydrogen-bond acceptors (Lipinski definition) is 4. The molecule has 4 aromatic rings. The first-order valence-corrected chi connectivity index (χ1v) is 14.1. The molecule has 41 heavy (non-hydrogen) atoms. The molecular weight excluding hydrogens is 569 g/mol. The van der Waals surface area contributed by atoms with Gasteiger partial charge < -0.3 is 4.90 Å². The van der Waals surface area contributed by atoms with Crippen molar-refractivity contribution in [1.82, 2.24) is 19.4 Å². The molecule has 210 valence electrons. The third kappa shape index (κ3) is 4.63. The van der Waals surface area contributed by atoms with Crippen LogP contribution in [0.25, 0.3) is 16.9 Å². The van der Waals surface area contributed by atoms with E-state index in [1.165, 1.54) is 29.0 Å². The number of amides is 1. The van der Waals surface area contributed by atoms with Crippen molar-refractivity contribution in [1.29, 1.82) is 0 Å². The highest BCUT2D eigenvalue weighted by molar-refractivity contribution is 6.31. The number of carbonyl (C=O) groups excluding carboxylic acids is 1. The lowest BCUT2D eigenvalue weighted by Gasteiger charge is -2.38. The number of hydrogen-bond donors (Lipinski definition) is 0. The molecule has 0 spiro atoms. The second-order valence-electron chi connectivity index (χ2n) is 10.8. The highest BCUT2D eigenvalue weighted by Gasteiger charge is 2.42. The van der Waals surface area contributed by atoms with Gasteiger partial charge in [-0.05, 0) is 86.4 Å². The van der Waals surface area contributed by atoms with Crippen LogP contribution in [-0.4, -0.2) is 37.9 Å². The molecule has 2 fully saturated rings. The maximum Gasteiger partial charge on any atom is 0.274 e. The second kappa shape index (κ2) is 10.3. The van der Waals surface area contributed by atoms with Crippen molar-refractivity contribution in [2.24, 2.45) is 0 Å². The van der Waals surface area contributed by atoms with Gasteiger partial charge in [-0.1, -0.05) is 29.3 Å². The molecule has 3 atom stereocenters. The van der Waals surface area contributed by atoms with Gasteiger partial charge in [-0.25, -0.2) is 8.78 Å². The summed E-state index contributed by atoms with van der Waals surface area (Å²) in [7, 11) is 0. The van der Waals surface area contributed by atoms with E-state index in [9.17, 15) is 9.59 Å². The molecule has 1 amide bonds. The minimum atomic E-state index is -0.880. The predicted molar refractivity (Wildman–Crippen MR) is 154 cm³/mol. The van der Waals surface area contributed by atoms with Gasteiger partial charge in [-0.2, -0.15) is 0 Å². The van der Waals surface area contributed by atoms with Gasteiger partial charge in [-0.3, -0.25) is 24.1 Å². The van der Waals surface area contributed by atoms with Gasteiger partial charge in [0.2, 0.25) is 0 Å². The molecule has 6 nitrogen and oxygen atoms in total. The summed E-state index contributed by atoms with van der Waals surface area (Å²) in [5.74, 6) is -2.06. The van der Waals surface area contributed by atoms with Crippen LogP contribution in [0.15, 0.2) is 53.7 Å². The van der Waals surface area contributed by atoms with Crippen molar-refractivity contribution in [2.75, 3.05) is 6.54 Å². The van der Waals surface area contributed by atoms with Crippen LogP contribution in [0.4, 0.5) is 8.78 Å². The molecule has 0 radical (unpaired) electrons. The SMILES string of the molecule is Cc1cnc(-c2cccc(C(=O)N3CC[C@@H]3C)c2F)c(F)c1-n1c(C)cc([C@@H]2CC2c2cncc(Cl)c2)c(Cl)c1=O. The van der Waals surface area contributed by atoms with Crippen LogP contribution in [0.2, 0.25) is 10.0 Å². The van der Waals surface area contributed by atoms with E-state index in [1.807, 2.05) is 13.0 Å². The largest absolute Gasteiger partial charge is 0.336 e. The van der Waals surface area contributed by atoms with E-state index in [-0.39, 0.29) is 45.4 Å². The molecule has 1 saturated carbocycles. The van der Waals surface area contributed by atoms with E-state index >= 15 is 8.78 Å². The lowest BCUT2D eigenvalue weighted by molar-refractivity contribution is 0.0497. The Hall–Kier alpha value is -3.62. The normalized spacial score (nSPS) is 19.7. The Morgan fingerprint density at radius 1 is 1.05 bits per heavy atom. The number of pyridine rings is 3. The number of rotatable bonds is 5. The van der Waals surface area contributed by atoms with E-state index in [4.69, 9.17) is 23.2 Å². The van der Waals surface area contributed by atoms with Gasteiger partial charge in [0.25, 0.3) is 11.5 Å². The summed E-state index contributed by atoms with van der Waals surface area (Å²) >= 11 is 12.7. The first kappa shape index (κ1) is 27.5. The molecule has 4 heterocycles. The maximum absolute atomic E-state index is 16.3. The molecule has 3 aromatic heterocycles. The van der Waals surface area contributed by atoms with Crippen molar-refractivity contribution in [3.05, 3.63) is 109 Å². The van der Waals surface area contributed by atoms with Crippen LogP contribution < -0.4 is 5.56 Å². The summed E-state index contributed by atoms with van der Waals surface area (Å²) < 4.78 is 33.1.